The van der Waals surface area contributed by atoms with Crippen LogP contribution in [0.3, 0.4) is 0 Å². The molecule has 0 fully saturated rings. The third-order valence-electron chi connectivity index (χ3n) is 4.14. The van der Waals surface area contributed by atoms with Gasteiger partial charge in [0.2, 0.25) is 0 Å². The van der Waals surface area contributed by atoms with Crippen LogP contribution in [0.5, 0.6) is 11.5 Å². The summed E-state index contributed by atoms with van der Waals surface area (Å²) < 4.78 is 10.7. The first kappa shape index (κ1) is 17.2. The fraction of sp³-hybridized carbons (Fsp3) is 0.263. The van der Waals surface area contributed by atoms with E-state index in [1.807, 2.05) is 55.5 Å². The molecule has 1 unspecified atom stereocenters. The highest BCUT2D eigenvalue weighted by Gasteiger charge is 2.30. The van der Waals surface area contributed by atoms with Gasteiger partial charge in [0.1, 0.15) is 11.5 Å². The Morgan fingerprint density at radius 1 is 1.16 bits per heavy atom. The monoisotopic (exact) mass is 355 g/mol. The maximum atomic E-state index is 5.89. The highest BCUT2D eigenvalue weighted by atomic mass is 32.1. The van der Waals surface area contributed by atoms with E-state index in [1.165, 1.54) is 0 Å². The Labute approximate surface area is 153 Å². The number of benzene rings is 2. The molecule has 0 amide bonds. The zero-order chi connectivity index (χ0) is 17.8. The Balaban J connectivity index is 1.84. The Hall–Kier alpha value is -2.60. The van der Waals surface area contributed by atoms with Crippen molar-refractivity contribution in [2.45, 2.75) is 19.4 Å². The summed E-state index contributed by atoms with van der Waals surface area (Å²) in [5.74, 6) is 1.67. The summed E-state index contributed by atoms with van der Waals surface area (Å²) in [6, 6.07) is 15.8. The van der Waals surface area contributed by atoms with E-state index in [1.54, 1.807) is 12.1 Å². The van der Waals surface area contributed by atoms with Gasteiger partial charge in [-0.2, -0.15) is 5.10 Å². The fourth-order valence-corrected chi connectivity index (χ4v) is 3.05. The lowest BCUT2D eigenvalue weighted by Crippen LogP contribution is -2.31. The molecule has 0 radical (unpaired) electrons. The molecule has 2 aromatic rings. The lowest BCUT2D eigenvalue weighted by molar-refractivity contribution is 0.340. The third-order valence-corrected chi connectivity index (χ3v) is 4.32. The molecule has 25 heavy (non-hydrogen) atoms. The van der Waals surface area contributed by atoms with Gasteiger partial charge in [-0.3, -0.25) is 0 Å². The topological polar surface area (TPSA) is 60.1 Å². The molecule has 0 bridgehead atoms. The molecule has 0 saturated heterocycles. The number of ether oxygens (including phenoxy) is 2. The summed E-state index contributed by atoms with van der Waals surface area (Å²) in [7, 11) is 1.65. The Morgan fingerprint density at radius 2 is 1.80 bits per heavy atom. The minimum absolute atomic E-state index is 0.00928. The van der Waals surface area contributed by atoms with E-state index in [9.17, 15) is 0 Å². The normalized spacial score (nSPS) is 16.5. The Bertz CT molecular complexity index is 772. The first-order valence-electron chi connectivity index (χ1n) is 8.15. The molecule has 130 valence electrons. The molecule has 0 aromatic heterocycles. The van der Waals surface area contributed by atoms with Gasteiger partial charge < -0.3 is 15.2 Å². The summed E-state index contributed by atoms with van der Waals surface area (Å²) in [6.07, 6.45) is 0.734. The lowest BCUT2D eigenvalue weighted by Gasteiger charge is -2.22. The summed E-state index contributed by atoms with van der Waals surface area (Å²) in [6.45, 7) is 2.61. The van der Waals surface area contributed by atoms with Crippen LogP contribution in [0.4, 0.5) is 0 Å². The standard InChI is InChI=1S/C19H21N3O2S/c1-3-24-16-10-4-13(5-11-16)17-12-18(22(21-17)19(20)25)14-6-8-15(23-2)9-7-14/h4-11,18H,3,12H2,1-2H3,(H2,20,25). The van der Waals surface area contributed by atoms with Crippen molar-refractivity contribution >= 4 is 23.0 Å². The van der Waals surface area contributed by atoms with Crippen molar-refractivity contribution in [3.05, 3.63) is 59.7 Å². The molecule has 0 aliphatic carbocycles. The smallest absolute Gasteiger partial charge is 0.187 e. The molecule has 0 spiro atoms. The SMILES string of the molecule is CCOc1ccc(C2=NN(C(N)=S)C(c3ccc(OC)cc3)C2)cc1. The predicted molar refractivity (Wildman–Crippen MR) is 103 cm³/mol. The summed E-state index contributed by atoms with van der Waals surface area (Å²) >= 11 is 5.19. The number of hydrogen-bond acceptors (Lipinski definition) is 4. The van der Waals surface area contributed by atoms with Crippen LogP contribution in [0.1, 0.15) is 30.5 Å². The first-order chi connectivity index (χ1) is 12.1. The molecule has 1 aliphatic rings. The second-order valence-corrected chi connectivity index (χ2v) is 6.10. The molecule has 5 nitrogen and oxygen atoms in total. The van der Waals surface area contributed by atoms with Crippen LogP contribution in [0.15, 0.2) is 53.6 Å². The second kappa shape index (κ2) is 7.53. The lowest BCUT2D eigenvalue weighted by atomic mass is 9.98. The van der Waals surface area contributed by atoms with Crippen molar-refractivity contribution in [3.63, 3.8) is 0 Å². The summed E-state index contributed by atoms with van der Waals surface area (Å²) in [5, 5.41) is 6.62. The average Bonchev–Trinajstić information content (AvgIpc) is 3.08. The van der Waals surface area contributed by atoms with E-state index < -0.39 is 0 Å². The van der Waals surface area contributed by atoms with Gasteiger partial charge in [0.25, 0.3) is 0 Å². The van der Waals surface area contributed by atoms with Crippen LogP contribution in [-0.4, -0.2) is 29.5 Å². The maximum Gasteiger partial charge on any atom is 0.187 e. The van der Waals surface area contributed by atoms with Gasteiger partial charge in [-0.1, -0.05) is 12.1 Å². The van der Waals surface area contributed by atoms with Crippen LogP contribution in [-0.2, 0) is 0 Å². The van der Waals surface area contributed by atoms with Crippen LogP contribution < -0.4 is 15.2 Å². The second-order valence-electron chi connectivity index (χ2n) is 5.68. The summed E-state index contributed by atoms with van der Waals surface area (Å²) in [4.78, 5) is 0. The fourth-order valence-electron chi connectivity index (χ4n) is 2.88. The number of rotatable bonds is 5. The van der Waals surface area contributed by atoms with Crippen molar-refractivity contribution in [1.82, 2.24) is 5.01 Å². The molecular weight excluding hydrogens is 334 g/mol. The van der Waals surface area contributed by atoms with Crippen LogP contribution in [0.25, 0.3) is 0 Å². The minimum Gasteiger partial charge on any atom is -0.497 e. The van der Waals surface area contributed by atoms with Crippen molar-refractivity contribution < 1.29 is 9.47 Å². The molecule has 0 saturated carbocycles. The quantitative estimate of drug-likeness (QED) is 0.832. The molecule has 1 heterocycles. The van der Waals surface area contributed by atoms with E-state index in [0.717, 1.165) is 34.8 Å². The number of thiocarbonyl (C=S) groups is 1. The molecule has 1 aliphatic heterocycles. The molecule has 6 heteroatoms. The van der Waals surface area contributed by atoms with E-state index in [4.69, 9.17) is 27.4 Å². The van der Waals surface area contributed by atoms with Crippen LogP contribution in [0.2, 0.25) is 0 Å². The van der Waals surface area contributed by atoms with Gasteiger partial charge in [0, 0.05) is 6.42 Å². The number of nitrogens with zero attached hydrogens (tertiary/aromatic N) is 2. The average molecular weight is 355 g/mol. The zero-order valence-electron chi connectivity index (χ0n) is 14.3. The largest absolute Gasteiger partial charge is 0.497 e. The van der Waals surface area contributed by atoms with Crippen LogP contribution >= 0.6 is 12.2 Å². The van der Waals surface area contributed by atoms with E-state index >= 15 is 0 Å². The molecule has 3 rings (SSSR count). The van der Waals surface area contributed by atoms with Gasteiger partial charge in [-0.15, -0.1) is 0 Å². The zero-order valence-corrected chi connectivity index (χ0v) is 15.1. The van der Waals surface area contributed by atoms with Gasteiger partial charge in [0.15, 0.2) is 5.11 Å². The first-order valence-corrected chi connectivity index (χ1v) is 8.56. The van der Waals surface area contributed by atoms with E-state index in [0.29, 0.717) is 6.61 Å². The minimum atomic E-state index is -0.00928. The van der Waals surface area contributed by atoms with Crippen molar-refractivity contribution in [3.8, 4) is 11.5 Å². The number of nitrogens with two attached hydrogens (primary N) is 1. The van der Waals surface area contributed by atoms with Crippen molar-refractivity contribution in [2.75, 3.05) is 13.7 Å². The van der Waals surface area contributed by atoms with Gasteiger partial charge in [0.05, 0.1) is 25.5 Å². The highest BCUT2D eigenvalue weighted by molar-refractivity contribution is 7.80. The Morgan fingerprint density at radius 3 is 2.36 bits per heavy atom. The van der Waals surface area contributed by atoms with Gasteiger partial charge in [-0.25, -0.2) is 5.01 Å². The van der Waals surface area contributed by atoms with E-state index in [2.05, 4.69) is 5.10 Å². The van der Waals surface area contributed by atoms with E-state index in [-0.39, 0.29) is 11.2 Å². The third kappa shape index (κ3) is 3.74. The Kier molecular flexibility index (Phi) is 5.19. The molecule has 1 atom stereocenters. The number of hydrogen-bond donors (Lipinski definition) is 1. The number of hydrazone groups is 1. The van der Waals surface area contributed by atoms with Gasteiger partial charge >= 0.3 is 0 Å². The maximum absolute atomic E-state index is 5.89. The summed E-state index contributed by atoms with van der Waals surface area (Å²) in [5.41, 5.74) is 8.98. The molecular formula is C19H21N3O2S. The number of methoxy groups -OCH3 is 1. The predicted octanol–water partition coefficient (Wildman–Crippen LogP) is 3.49. The molecule has 2 aromatic carbocycles. The van der Waals surface area contributed by atoms with Crippen LogP contribution in [0, 0.1) is 0 Å². The van der Waals surface area contributed by atoms with Crippen molar-refractivity contribution in [2.24, 2.45) is 10.8 Å². The van der Waals surface area contributed by atoms with Gasteiger partial charge in [-0.05, 0) is 66.7 Å². The molecule has 2 N–H and O–H groups in total. The van der Waals surface area contributed by atoms with Crippen molar-refractivity contribution in [1.29, 1.82) is 0 Å². The highest BCUT2D eigenvalue weighted by Crippen LogP contribution is 2.33.